The zero-order valence-corrected chi connectivity index (χ0v) is 15.9. The molecule has 2 rings (SSSR count). The van der Waals surface area contributed by atoms with Crippen molar-refractivity contribution in [1.82, 2.24) is 0 Å². The minimum absolute atomic E-state index is 0.0214. The molecule has 5 nitrogen and oxygen atoms in total. The summed E-state index contributed by atoms with van der Waals surface area (Å²) < 4.78 is 67.3. The van der Waals surface area contributed by atoms with Crippen molar-refractivity contribution in [3.8, 4) is 5.75 Å². The smallest absolute Gasteiger partial charge is 0.417 e. The Morgan fingerprint density at radius 3 is 2.31 bits per heavy atom. The molecule has 0 aliphatic heterocycles. The predicted octanol–water partition coefficient (Wildman–Crippen LogP) is 5.46. The van der Waals surface area contributed by atoms with Gasteiger partial charge in [0, 0.05) is 24.2 Å². The molecule has 1 aromatic heterocycles. The van der Waals surface area contributed by atoms with Crippen molar-refractivity contribution < 1.29 is 31.2 Å². The van der Waals surface area contributed by atoms with Gasteiger partial charge in [0.15, 0.2) is 0 Å². The van der Waals surface area contributed by atoms with Gasteiger partial charge in [-0.2, -0.15) is 13.2 Å². The van der Waals surface area contributed by atoms with Crippen molar-refractivity contribution in [3.05, 3.63) is 40.2 Å². The third-order valence-corrected chi connectivity index (χ3v) is 5.10. The summed E-state index contributed by atoms with van der Waals surface area (Å²) in [7, 11) is -3.54. The maximum Gasteiger partial charge on any atom is 0.417 e. The Morgan fingerprint density at radius 2 is 1.77 bits per heavy atom. The van der Waals surface area contributed by atoms with E-state index in [-0.39, 0.29) is 22.1 Å². The number of hydrogen-bond acceptors (Lipinski definition) is 5. The standard InChI is InChI=1S/C17H20F3O5P/c1-10(16(2,3)4)24-26(5,22)25-11-6-7-12-13(17(18,19)20)9-15(21)23-14(12)8-11/h6-10H,1-5H3. The topological polar surface area (TPSA) is 65.7 Å². The molecule has 0 N–H and O–H groups in total. The fraction of sp³-hybridized carbons (Fsp3) is 0.471. The van der Waals surface area contributed by atoms with Gasteiger partial charge >= 0.3 is 19.4 Å². The lowest BCUT2D eigenvalue weighted by Crippen LogP contribution is -2.25. The SMILES string of the molecule is CC(OP(C)(=O)Oc1ccc2c(C(F)(F)F)cc(=O)oc2c1)C(C)(C)C. The van der Waals surface area contributed by atoms with Gasteiger partial charge in [0.2, 0.25) is 0 Å². The van der Waals surface area contributed by atoms with E-state index in [4.69, 9.17) is 13.5 Å². The van der Waals surface area contributed by atoms with Crippen LogP contribution in [0.15, 0.2) is 33.5 Å². The number of fused-ring (bicyclic) bond motifs is 1. The molecule has 2 aromatic rings. The highest BCUT2D eigenvalue weighted by molar-refractivity contribution is 7.53. The van der Waals surface area contributed by atoms with Crippen LogP contribution in [0.5, 0.6) is 5.75 Å². The molecule has 0 saturated heterocycles. The summed E-state index contributed by atoms with van der Waals surface area (Å²) in [5.41, 5.74) is -2.84. The van der Waals surface area contributed by atoms with Gasteiger partial charge in [-0.3, -0.25) is 4.52 Å². The largest absolute Gasteiger partial charge is 0.424 e. The van der Waals surface area contributed by atoms with E-state index in [9.17, 15) is 22.5 Å². The Kier molecular flexibility index (Phi) is 5.32. The summed E-state index contributed by atoms with van der Waals surface area (Å²) in [5, 5.41) is -0.292. The fourth-order valence-electron chi connectivity index (χ4n) is 2.09. The molecule has 1 aromatic carbocycles. The Hall–Kier alpha value is -1.79. The van der Waals surface area contributed by atoms with E-state index >= 15 is 0 Å². The average Bonchev–Trinajstić information content (AvgIpc) is 2.42. The van der Waals surface area contributed by atoms with Gasteiger partial charge in [0.25, 0.3) is 0 Å². The summed E-state index contributed by atoms with van der Waals surface area (Å²) in [6, 6.07) is 3.80. The van der Waals surface area contributed by atoms with Crippen LogP contribution in [-0.2, 0) is 15.3 Å². The molecule has 0 aliphatic carbocycles. The van der Waals surface area contributed by atoms with Crippen LogP contribution in [0.3, 0.4) is 0 Å². The van der Waals surface area contributed by atoms with Gasteiger partial charge in [0.05, 0.1) is 11.7 Å². The van der Waals surface area contributed by atoms with Crippen molar-refractivity contribution in [2.45, 2.75) is 40.0 Å². The highest BCUT2D eigenvalue weighted by Crippen LogP contribution is 2.48. The third-order valence-electron chi connectivity index (χ3n) is 3.86. The average molecular weight is 392 g/mol. The first-order valence-electron chi connectivity index (χ1n) is 7.80. The molecule has 0 saturated carbocycles. The van der Waals surface area contributed by atoms with Crippen LogP contribution < -0.4 is 10.1 Å². The normalized spacial score (nSPS) is 16.3. The monoisotopic (exact) mass is 392 g/mol. The van der Waals surface area contributed by atoms with Crippen molar-refractivity contribution in [2.24, 2.45) is 5.41 Å². The molecule has 26 heavy (non-hydrogen) atoms. The van der Waals surface area contributed by atoms with E-state index in [0.29, 0.717) is 6.07 Å². The first-order valence-corrected chi connectivity index (χ1v) is 9.79. The molecule has 1 heterocycles. The van der Waals surface area contributed by atoms with Gasteiger partial charge in [-0.05, 0) is 24.5 Å². The van der Waals surface area contributed by atoms with Crippen LogP contribution in [0.4, 0.5) is 13.2 Å². The van der Waals surface area contributed by atoms with Gasteiger partial charge in [-0.15, -0.1) is 0 Å². The highest BCUT2D eigenvalue weighted by atomic mass is 31.2. The van der Waals surface area contributed by atoms with Crippen molar-refractivity contribution in [3.63, 3.8) is 0 Å². The maximum absolute atomic E-state index is 13.0. The first kappa shape index (κ1) is 20.5. The van der Waals surface area contributed by atoms with E-state index in [0.717, 1.165) is 12.1 Å². The molecule has 2 atom stereocenters. The lowest BCUT2D eigenvalue weighted by molar-refractivity contribution is -0.136. The summed E-state index contributed by atoms with van der Waals surface area (Å²) in [6.07, 6.45) is -5.10. The Bertz CT molecular complexity index is 911. The summed E-state index contributed by atoms with van der Waals surface area (Å²) >= 11 is 0. The lowest BCUT2D eigenvalue weighted by Gasteiger charge is -2.29. The quantitative estimate of drug-likeness (QED) is 0.510. The van der Waals surface area contributed by atoms with Crippen molar-refractivity contribution >= 4 is 18.6 Å². The van der Waals surface area contributed by atoms with Crippen LogP contribution >= 0.6 is 7.60 Å². The zero-order chi connectivity index (χ0) is 19.9. The number of halogens is 3. The molecule has 144 valence electrons. The van der Waals surface area contributed by atoms with Crippen molar-refractivity contribution in [1.29, 1.82) is 0 Å². The number of hydrogen-bond donors (Lipinski definition) is 0. The number of alkyl halides is 3. The highest BCUT2D eigenvalue weighted by Gasteiger charge is 2.34. The van der Waals surface area contributed by atoms with Gasteiger partial charge in [-0.25, -0.2) is 9.36 Å². The Labute approximate surface area is 148 Å². The Morgan fingerprint density at radius 1 is 1.15 bits per heavy atom. The van der Waals surface area contributed by atoms with Gasteiger partial charge < -0.3 is 8.94 Å². The van der Waals surface area contributed by atoms with Gasteiger partial charge in [0.1, 0.15) is 11.3 Å². The lowest BCUT2D eigenvalue weighted by atomic mass is 9.91. The van der Waals surface area contributed by atoms with E-state index in [1.807, 2.05) is 20.8 Å². The van der Waals surface area contributed by atoms with Crippen LogP contribution in [0.25, 0.3) is 11.0 Å². The minimum atomic E-state index is -4.71. The second kappa shape index (κ2) is 6.74. The summed E-state index contributed by atoms with van der Waals surface area (Å²) in [4.78, 5) is 11.4. The Balaban J connectivity index is 2.38. The van der Waals surface area contributed by atoms with E-state index in [1.54, 1.807) is 6.92 Å². The number of benzene rings is 1. The zero-order valence-electron chi connectivity index (χ0n) is 15.0. The first-order chi connectivity index (χ1) is 11.7. The van der Waals surface area contributed by atoms with E-state index in [2.05, 4.69) is 0 Å². The second-order valence-electron chi connectivity index (χ2n) is 7.11. The molecular weight excluding hydrogens is 372 g/mol. The van der Waals surface area contributed by atoms with E-state index in [1.165, 1.54) is 12.7 Å². The minimum Gasteiger partial charge on any atom is -0.424 e. The molecule has 0 spiro atoms. The van der Waals surface area contributed by atoms with Crippen LogP contribution in [-0.4, -0.2) is 12.8 Å². The maximum atomic E-state index is 13.0. The summed E-state index contributed by atoms with van der Waals surface area (Å²) in [5.74, 6) is -0.0214. The van der Waals surface area contributed by atoms with Crippen LogP contribution in [0, 0.1) is 5.41 Å². The van der Waals surface area contributed by atoms with Gasteiger partial charge in [-0.1, -0.05) is 20.8 Å². The van der Waals surface area contributed by atoms with Crippen molar-refractivity contribution in [2.75, 3.05) is 6.66 Å². The van der Waals surface area contributed by atoms with E-state index < -0.39 is 31.1 Å². The van der Waals surface area contributed by atoms with Crippen LogP contribution in [0.1, 0.15) is 33.3 Å². The molecule has 0 radical (unpaired) electrons. The molecule has 0 fully saturated rings. The summed E-state index contributed by atoms with van der Waals surface area (Å²) in [6.45, 7) is 8.72. The van der Waals surface area contributed by atoms with Crippen LogP contribution in [0.2, 0.25) is 0 Å². The molecule has 0 amide bonds. The molecular formula is C17H20F3O5P. The molecule has 2 unspecified atom stereocenters. The third kappa shape index (κ3) is 4.89. The molecule has 0 bridgehead atoms. The number of rotatable bonds is 4. The molecule has 9 heteroatoms. The fourth-order valence-corrected chi connectivity index (χ4v) is 3.52. The molecule has 0 aliphatic rings. The predicted molar refractivity (Wildman–Crippen MR) is 91.6 cm³/mol. The second-order valence-corrected chi connectivity index (χ2v) is 9.05.